The van der Waals surface area contributed by atoms with Crippen molar-refractivity contribution in [2.24, 2.45) is 11.3 Å². The zero-order chi connectivity index (χ0) is 11.6. The molecular weight excluding hydrogens is 204 g/mol. The fourth-order valence-electron chi connectivity index (χ4n) is 2.57. The Morgan fingerprint density at radius 1 is 1.56 bits per heavy atom. The second-order valence-electron chi connectivity index (χ2n) is 5.49. The van der Waals surface area contributed by atoms with Crippen LogP contribution in [0.1, 0.15) is 25.7 Å². The quantitative estimate of drug-likeness (QED) is 0.727. The standard InChI is InChI=1S/C12H22N2O2/c1-14-6-2-3-10(8-14)7-13-9-12(4-5-12)11(15)16/h10,13H,2-9H2,1H3,(H,15,16). The highest BCUT2D eigenvalue weighted by molar-refractivity contribution is 5.78. The second kappa shape index (κ2) is 4.72. The zero-order valence-corrected chi connectivity index (χ0v) is 10.0. The number of piperidine rings is 1. The lowest BCUT2D eigenvalue weighted by atomic mass is 9.98. The van der Waals surface area contributed by atoms with Crippen molar-refractivity contribution in [1.82, 2.24) is 10.2 Å². The third kappa shape index (κ3) is 2.74. The first-order valence-electron chi connectivity index (χ1n) is 6.25. The van der Waals surface area contributed by atoms with E-state index in [1.54, 1.807) is 0 Å². The van der Waals surface area contributed by atoms with Crippen LogP contribution in [0.25, 0.3) is 0 Å². The molecule has 2 fully saturated rings. The van der Waals surface area contributed by atoms with Crippen LogP contribution in [0.15, 0.2) is 0 Å². The molecule has 0 amide bonds. The highest BCUT2D eigenvalue weighted by Crippen LogP contribution is 2.45. The van der Waals surface area contributed by atoms with Gasteiger partial charge in [-0.15, -0.1) is 0 Å². The summed E-state index contributed by atoms with van der Waals surface area (Å²) in [6, 6.07) is 0. The van der Waals surface area contributed by atoms with Crippen LogP contribution >= 0.6 is 0 Å². The molecule has 92 valence electrons. The van der Waals surface area contributed by atoms with E-state index in [0.717, 1.165) is 25.9 Å². The molecule has 1 aliphatic carbocycles. The van der Waals surface area contributed by atoms with E-state index in [2.05, 4.69) is 17.3 Å². The van der Waals surface area contributed by atoms with Crippen molar-refractivity contribution >= 4 is 5.97 Å². The van der Waals surface area contributed by atoms with Gasteiger partial charge in [0.2, 0.25) is 0 Å². The van der Waals surface area contributed by atoms with Gasteiger partial charge in [0.1, 0.15) is 0 Å². The molecule has 0 aromatic rings. The summed E-state index contributed by atoms with van der Waals surface area (Å²) in [6.07, 6.45) is 4.24. The van der Waals surface area contributed by atoms with Crippen LogP contribution in [-0.4, -0.2) is 49.2 Å². The lowest BCUT2D eigenvalue weighted by molar-refractivity contribution is -0.143. The molecule has 1 unspecified atom stereocenters. The number of carbonyl (C=O) groups is 1. The Morgan fingerprint density at radius 2 is 2.31 bits per heavy atom. The Morgan fingerprint density at radius 3 is 2.88 bits per heavy atom. The molecule has 0 aromatic carbocycles. The minimum Gasteiger partial charge on any atom is -0.481 e. The largest absolute Gasteiger partial charge is 0.481 e. The molecule has 1 aliphatic heterocycles. The summed E-state index contributed by atoms with van der Waals surface area (Å²) < 4.78 is 0. The summed E-state index contributed by atoms with van der Waals surface area (Å²) in [5.41, 5.74) is -0.416. The highest BCUT2D eigenvalue weighted by atomic mass is 16.4. The average molecular weight is 226 g/mol. The van der Waals surface area contributed by atoms with Crippen molar-refractivity contribution in [3.63, 3.8) is 0 Å². The van der Waals surface area contributed by atoms with E-state index in [4.69, 9.17) is 5.11 Å². The Labute approximate surface area is 97.0 Å². The topological polar surface area (TPSA) is 52.6 Å². The van der Waals surface area contributed by atoms with Crippen LogP contribution in [0.4, 0.5) is 0 Å². The molecule has 1 atom stereocenters. The fraction of sp³-hybridized carbons (Fsp3) is 0.917. The van der Waals surface area contributed by atoms with Gasteiger partial charge < -0.3 is 15.3 Å². The van der Waals surface area contributed by atoms with Gasteiger partial charge in [-0.3, -0.25) is 4.79 Å². The van der Waals surface area contributed by atoms with Gasteiger partial charge in [-0.25, -0.2) is 0 Å². The number of hydrogen-bond donors (Lipinski definition) is 2. The van der Waals surface area contributed by atoms with E-state index in [-0.39, 0.29) is 0 Å². The summed E-state index contributed by atoms with van der Waals surface area (Å²) in [5, 5.41) is 12.4. The summed E-state index contributed by atoms with van der Waals surface area (Å²) in [7, 11) is 2.16. The Hall–Kier alpha value is -0.610. The normalized spacial score (nSPS) is 28.9. The smallest absolute Gasteiger partial charge is 0.310 e. The van der Waals surface area contributed by atoms with Gasteiger partial charge >= 0.3 is 5.97 Å². The van der Waals surface area contributed by atoms with Gasteiger partial charge in [0.05, 0.1) is 5.41 Å². The van der Waals surface area contributed by atoms with Crippen molar-refractivity contribution < 1.29 is 9.90 Å². The van der Waals surface area contributed by atoms with Crippen molar-refractivity contribution in [3.8, 4) is 0 Å². The van der Waals surface area contributed by atoms with Crippen LogP contribution in [0, 0.1) is 11.3 Å². The molecule has 0 aromatic heterocycles. The van der Waals surface area contributed by atoms with Crippen LogP contribution in [0.5, 0.6) is 0 Å². The second-order valence-corrected chi connectivity index (χ2v) is 5.49. The Bertz CT molecular complexity index is 264. The van der Waals surface area contributed by atoms with Gasteiger partial charge in [0.25, 0.3) is 0 Å². The van der Waals surface area contributed by atoms with Crippen LogP contribution < -0.4 is 5.32 Å². The minimum atomic E-state index is -0.624. The first kappa shape index (κ1) is 11.9. The highest BCUT2D eigenvalue weighted by Gasteiger charge is 2.49. The molecule has 1 saturated heterocycles. The lowest BCUT2D eigenvalue weighted by Crippen LogP contribution is -2.39. The van der Waals surface area contributed by atoms with E-state index in [1.165, 1.54) is 19.4 Å². The maximum Gasteiger partial charge on any atom is 0.310 e. The van der Waals surface area contributed by atoms with E-state index < -0.39 is 11.4 Å². The molecular formula is C12H22N2O2. The van der Waals surface area contributed by atoms with Crippen molar-refractivity contribution in [1.29, 1.82) is 0 Å². The summed E-state index contributed by atoms with van der Waals surface area (Å²) >= 11 is 0. The van der Waals surface area contributed by atoms with E-state index in [1.807, 2.05) is 0 Å². The van der Waals surface area contributed by atoms with Gasteiger partial charge in [0.15, 0.2) is 0 Å². The number of rotatable bonds is 5. The zero-order valence-electron chi connectivity index (χ0n) is 10.0. The average Bonchev–Trinajstić information content (AvgIpc) is 2.99. The molecule has 2 N–H and O–H groups in total. The molecule has 4 heteroatoms. The van der Waals surface area contributed by atoms with Gasteiger partial charge in [-0.05, 0) is 51.7 Å². The maximum absolute atomic E-state index is 11.0. The number of carboxylic acid groups (broad SMARTS) is 1. The van der Waals surface area contributed by atoms with Gasteiger partial charge in [0, 0.05) is 13.1 Å². The third-order valence-electron chi connectivity index (χ3n) is 3.93. The first-order chi connectivity index (χ1) is 7.62. The molecule has 0 bridgehead atoms. The van der Waals surface area contributed by atoms with Crippen LogP contribution in [-0.2, 0) is 4.79 Å². The number of likely N-dealkylation sites (tertiary alicyclic amines) is 1. The molecule has 4 nitrogen and oxygen atoms in total. The van der Waals surface area contributed by atoms with Crippen LogP contribution in [0.2, 0.25) is 0 Å². The number of carboxylic acids is 1. The summed E-state index contributed by atoms with van der Waals surface area (Å²) in [6.45, 7) is 3.98. The monoisotopic (exact) mass is 226 g/mol. The van der Waals surface area contributed by atoms with E-state index >= 15 is 0 Å². The van der Waals surface area contributed by atoms with Crippen molar-refractivity contribution in [2.75, 3.05) is 33.2 Å². The first-order valence-corrected chi connectivity index (χ1v) is 6.25. The van der Waals surface area contributed by atoms with Crippen LogP contribution in [0.3, 0.4) is 0 Å². The molecule has 1 heterocycles. The molecule has 2 rings (SSSR count). The SMILES string of the molecule is CN1CCCC(CNCC2(C(=O)O)CC2)C1. The number of nitrogens with one attached hydrogen (secondary N) is 1. The predicted molar refractivity (Wildman–Crippen MR) is 62.4 cm³/mol. The fourth-order valence-corrected chi connectivity index (χ4v) is 2.57. The summed E-state index contributed by atoms with van der Waals surface area (Å²) in [5.74, 6) is 0.0732. The predicted octanol–water partition coefficient (Wildman–Crippen LogP) is 0.783. The Kier molecular flexibility index (Phi) is 3.50. The summed E-state index contributed by atoms with van der Waals surface area (Å²) in [4.78, 5) is 13.3. The molecule has 1 saturated carbocycles. The van der Waals surface area contributed by atoms with Crippen molar-refractivity contribution in [3.05, 3.63) is 0 Å². The molecule has 2 aliphatic rings. The van der Waals surface area contributed by atoms with Gasteiger partial charge in [-0.1, -0.05) is 0 Å². The van der Waals surface area contributed by atoms with E-state index in [0.29, 0.717) is 12.5 Å². The molecule has 0 spiro atoms. The lowest BCUT2D eigenvalue weighted by Gasteiger charge is -2.30. The number of hydrogen-bond acceptors (Lipinski definition) is 3. The van der Waals surface area contributed by atoms with Crippen molar-refractivity contribution in [2.45, 2.75) is 25.7 Å². The number of aliphatic carboxylic acids is 1. The molecule has 0 radical (unpaired) electrons. The third-order valence-corrected chi connectivity index (χ3v) is 3.93. The number of nitrogens with zero attached hydrogens (tertiary/aromatic N) is 1. The Balaban J connectivity index is 1.66. The van der Waals surface area contributed by atoms with E-state index in [9.17, 15) is 4.79 Å². The molecule has 16 heavy (non-hydrogen) atoms. The van der Waals surface area contributed by atoms with Gasteiger partial charge in [-0.2, -0.15) is 0 Å². The minimum absolute atomic E-state index is 0.416. The maximum atomic E-state index is 11.0.